The van der Waals surface area contributed by atoms with E-state index in [4.69, 9.17) is 10.4 Å². The minimum absolute atomic E-state index is 0.216. The van der Waals surface area contributed by atoms with E-state index in [-0.39, 0.29) is 5.92 Å². The third-order valence-electron chi connectivity index (χ3n) is 2.56. The highest BCUT2D eigenvalue weighted by Gasteiger charge is 2.36. The van der Waals surface area contributed by atoms with Crippen LogP contribution in [0.1, 0.15) is 18.5 Å². The summed E-state index contributed by atoms with van der Waals surface area (Å²) in [6.07, 6.45) is 3.39. The summed E-state index contributed by atoms with van der Waals surface area (Å²) >= 11 is 0. The molecule has 0 bridgehead atoms. The van der Waals surface area contributed by atoms with Crippen molar-refractivity contribution in [2.45, 2.75) is 18.9 Å². The molecule has 1 aliphatic rings. The number of aliphatic carboxylic acids is 1. The Hall–Kier alpha value is -2.09. The van der Waals surface area contributed by atoms with Crippen LogP contribution in [0, 0.1) is 17.2 Å². The molecule has 1 atom stereocenters. The van der Waals surface area contributed by atoms with Gasteiger partial charge in [-0.25, -0.2) is 9.78 Å². The Morgan fingerprint density at radius 2 is 2.38 bits per heavy atom. The van der Waals surface area contributed by atoms with Crippen molar-refractivity contribution in [3.05, 3.63) is 24.0 Å². The molecule has 0 aliphatic heterocycles. The largest absolute Gasteiger partial charge is 0.480 e. The monoisotopic (exact) mass is 217 g/mol. The van der Waals surface area contributed by atoms with Crippen LogP contribution in [-0.4, -0.2) is 22.1 Å². The minimum atomic E-state index is -0.841. The molecule has 82 valence electrons. The fraction of sp³-hybridized carbons (Fsp3) is 0.364. The van der Waals surface area contributed by atoms with Crippen LogP contribution in [-0.2, 0) is 4.79 Å². The first-order valence-corrected chi connectivity index (χ1v) is 5.06. The van der Waals surface area contributed by atoms with Gasteiger partial charge in [-0.1, -0.05) is 0 Å². The zero-order chi connectivity index (χ0) is 11.5. The number of nitriles is 1. The number of carbonyl (C=O) groups is 1. The average Bonchev–Trinajstić information content (AvgIpc) is 3.10. The summed E-state index contributed by atoms with van der Waals surface area (Å²) in [4.78, 5) is 14.8. The molecule has 0 radical (unpaired) electrons. The van der Waals surface area contributed by atoms with Crippen LogP contribution in [0.25, 0.3) is 0 Å². The maximum atomic E-state index is 11.0. The molecular formula is C11H11N3O2. The molecule has 0 amide bonds. The van der Waals surface area contributed by atoms with Gasteiger partial charge in [-0.3, -0.25) is 0 Å². The van der Waals surface area contributed by atoms with E-state index in [1.165, 1.54) is 6.20 Å². The lowest BCUT2D eigenvalue weighted by Gasteiger charge is -2.14. The van der Waals surface area contributed by atoms with Crippen LogP contribution in [0.15, 0.2) is 18.3 Å². The van der Waals surface area contributed by atoms with Gasteiger partial charge < -0.3 is 10.4 Å². The van der Waals surface area contributed by atoms with Crippen LogP contribution >= 0.6 is 0 Å². The van der Waals surface area contributed by atoms with Crippen molar-refractivity contribution in [1.82, 2.24) is 4.98 Å². The molecule has 0 spiro atoms. The Labute approximate surface area is 92.7 Å². The quantitative estimate of drug-likeness (QED) is 0.792. The number of anilines is 1. The Bertz CT molecular complexity index is 432. The highest BCUT2D eigenvalue weighted by Crippen LogP contribution is 2.34. The Morgan fingerprint density at radius 1 is 1.62 bits per heavy atom. The van der Waals surface area contributed by atoms with Crippen LogP contribution in [0.5, 0.6) is 0 Å². The molecule has 1 aliphatic carbocycles. The van der Waals surface area contributed by atoms with E-state index in [0.29, 0.717) is 11.4 Å². The molecule has 2 N–H and O–H groups in total. The summed E-state index contributed by atoms with van der Waals surface area (Å²) in [5.41, 5.74) is 0.960. The second-order valence-corrected chi connectivity index (χ2v) is 3.84. The van der Waals surface area contributed by atoms with Crippen molar-refractivity contribution in [3.8, 4) is 6.07 Å². The topological polar surface area (TPSA) is 86.0 Å². The van der Waals surface area contributed by atoms with Crippen molar-refractivity contribution in [2.24, 2.45) is 5.92 Å². The molecule has 0 saturated heterocycles. The fourth-order valence-corrected chi connectivity index (χ4v) is 1.54. The van der Waals surface area contributed by atoms with Crippen LogP contribution in [0.3, 0.4) is 0 Å². The zero-order valence-corrected chi connectivity index (χ0v) is 8.55. The summed E-state index contributed by atoms with van der Waals surface area (Å²) in [6, 6.07) is 4.60. The van der Waals surface area contributed by atoms with Gasteiger partial charge >= 0.3 is 5.97 Å². The van der Waals surface area contributed by atoms with Crippen molar-refractivity contribution in [1.29, 1.82) is 5.26 Å². The first-order chi connectivity index (χ1) is 7.70. The molecule has 0 aromatic carbocycles. The van der Waals surface area contributed by atoms with E-state index in [9.17, 15) is 4.79 Å². The van der Waals surface area contributed by atoms with E-state index in [2.05, 4.69) is 10.3 Å². The number of hydrogen-bond donors (Lipinski definition) is 2. The summed E-state index contributed by atoms with van der Waals surface area (Å²) < 4.78 is 0. The van der Waals surface area contributed by atoms with Gasteiger partial charge in [-0.15, -0.1) is 0 Å². The number of pyridine rings is 1. The van der Waals surface area contributed by atoms with Crippen molar-refractivity contribution < 1.29 is 9.90 Å². The average molecular weight is 217 g/mol. The van der Waals surface area contributed by atoms with Crippen LogP contribution in [0.2, 0.25) is 0 Å². The van der Waals surface area contributed by atoms with Crippen molar-refractivity contribution in [2.75, 3.05) is 5.32 Å². The number of aromatic nitrogens is 1. The van der Waals surface area contributed by atoms with Crippen molar-refractivity contribution >= 4 is 11.7 Å². The molecule has 5 nitrogen and oxygen atoms in total. The van der Waals surface area contributed by atoms with Gasteiger partial charge in [-0.05, 0) is 30.9 Å². The van der Waals surface area contributed by atoms with E-state index in [1.54, 1.807) is 12.1 Å². The predicted molar refractivity (Wildman–Crippen MR) is 56.7 cm³/mol. The lowest BCUT2D eigenvalue weighted by Crippen LogP contribution is -2.31. The standard InChI is InChI=1S/C11H11N3O2/c12-5-8-3-4-9(6-13-8)14-10(11(15)16)7-1-2-7/h3-4,6-7,10,14H,1-2H2,(H,15,16). The summed E-state index contributed by atoms with van der Waals surface area (Å²) in [6.45, 7) is 0. The third-order valence-corrected chi connectivity index (χ3v) is 2.56. The maximum absolute atomic E-state index is 11.0. The van der Waals surface area contributed by atoms with E-state index in [1.807, 2.05) is 6.07 Å². The van der Waals surface area contributed by atoms with Crippen LogP contribution in [0.4, 0.5) is 5.69 Å². The summed E-state index contributed by atoms with van der Waals surface area (Å²) in [5, 5.41) is 20.5. The van der Waals surface area contributed by atoms with Gasteiger partial charge in [0.15, 0.2) is 0 Å². The number of rotatable bonds is 4. The predicted octanol–water partition coefficient (Wildman–Crippen LogP) is 1.23. The zero-order valence-electron chi connectivity index (χ0n) is 8.55. The molecule has 1 aromatic heterocycles. The number of nitrogens with zero attached hydrogens (tertiary/aromatic N) is 2. The summed E-state index contributed by atoms with van der Waals surface area (Å²) in [7, 11) is 0. The lowest BCUT2D eigenvalue weighted by molar-refractivity contribution is -0.138. The van der Waals surface area contributed by atoms with E-state index < -0.39 is 12.0 Å². The Morgan fingerprint density at radius 3 is 2.81 bits per heavy atom. The molecular weight excluding hydrogens is 206 g/mol. The molecule has 1 saturated carbocycles. The third kappa shape index (κ3) is 2.28. The lowest BCUT2D eigenvalue weighted by atomic mass is 10.2. The highest BCUT2D eigenvalue weighted by molar-refractivity contribution is 5.78. The van der Waals surface area contributed by atoms with Gasteiger partial charge in [0.1, 0.15) is 17.8 Å². The van der Waals surface area contributed by atoms with E-state index >= 15 is 0 Å². The van der Waals surface area contributed by atoms with Crippen molar-refractivity contribution in [3.63, 3.8) is 0 Å². The normalized spacial score (nSPS) is 16.2. The van der Waals surface area contributed by atoms with Gasteiger partial charge in [0.25, 0.3) is 0 Å². The molecule has 1 heterocycles. The molecule has 1 aromatic rings. The molecule has 5 heteroatoms. The molecule has 1 unspecified atom stereocenters. The van der Waals surface area contributed by atoms with Gasteiger partial charge in [0.05, 0.1) is 11.9 Å². The SMILES string of the molecule is N#Cc1ccc(NC(C(=O)O)C2CC2)cn1. The maximum Gasteiger partial charge on any atom is 0.326 e. The molecule has 2 rings (SSSR count). The second kappa shape index (κ2) is 4.19. The number of carboxylic acid groups (broad SMARTS) is 1. The van der Waals surface area contributed by atoms with Crippen LogP contribution < -0.4 is 5.32 Å². The Kier molecular flexibility index (Phi) is 2.73. The van der Waals surface area contributed by atoms with E-state index in [0.717, 1.165) is 12.8 Å². The molecule has 16 heavy (non-hydrogen) atoms. The fourth-order valence-electron chi connectivity index (χ4n) is 1.54. The number of carboxylic acids is 1. The first-order valence-electron chi connectivity index (χ1n) is 5.06. The van der Waals surface area contributed by atoms with Gasteiger partial charge in [0, 0.05) is 0 Å². The summed E-state index contributed by atoms with van der Waals surface area (Å²) in [5.74, 6) is -0.625. The Balaban J connectivity index is 2.07. The first kappa shape index (κ1) is 10.4. The van der Waals surface area contributed by atoms with Gasteiger partial charge in [-0.2, -0.15) is 5.26 Å². The highest BCUT2D eigenvalue weighted by atomic mass is 16.4. The number of nitrogens with one attached hydrogen (secondary N) is 1. The number of hydrogen-bond acceptors (Lipinski definition) is 4. The second-order valence-electron chi connectivity index (χ2n) is 3.84. The van der Waals surface area contributed by atoms with Gasteiger partial charge in [0.2, 0.25) is 0 Å². The molecule has 1 fully saturated rings. The minimum Gasteiger partial charge on any atom is -0.480 e. The smallest absolute Gasteiger partial charge is 0.326 e.